The fourth-order valence-electron chi connectivity index (χ4n) is 0.523. The van der Waals surface area contributed by atoms with Crippen LogP contribution in [0.5, 0.6) is 0 Å². The molecule has 0 spiro atoms. The minimum Gasteiger partial charge on any atom is -0.388 e. The molecule has 0 aliphatic carbocycles. The number of rotatable bonds is 5. The van der Waals surface area contributed by atoms with E-state index in [0.29, 0.717) is 0 Å². The van der Waals surface area contributed by atoms with E-state index in [1.807, 2.05) is 0 Å². The predicted molar refractivity (Wildman–Crippen MR) is 42.6 cm³/mol. The summed E-state index contributed by atoms with van der Waals surface area (Å²) < 4.78 is 13.8. The largest absolute Gasteiger partial charge is 0.473 e. The van der Waals surface area contributed by atoms with Gasteiger partial charge in [-0.2, -0.15) is 14.7 Å². The quantitative estimate of drug-likeness (QED) is 0.295. The van der Waals surface area contributed by atoms with Crippen molar-refractivity contribution in [3.05, 3.63) is 0 Å². The summed E-state index contributed by atoms with van der Waals surface area (Å²) in [7, 11) is -10.1. The van der Waals surface area contributed by atoms with Gasteiger partial charge in [0.05, 0.1) is 0 Å². The van der Waals surface area contributed by atoms with E-state index < -0.39 is 34.0 Å². The molecule has 0 saturated heterocycles. The highest BCUT2D eigenvalue weighted by molar-refractivity contribution is 7.61. The number of hydrogen-bond donors (Lipinski definition) is 6. The van der Waals surface area contributed by atoms with E-state index in [1.54, 1.807) is 0 Å². The van der Waals surface area contributed by atoms with Gasteiger partial charge in [0.15, 0.2) is 0 Å². The number of aliphatic hydroxyl groups excluding tert-OH is 1. The van der Waals surface area contributed by atoms with Gasteiger partial charge in [0.2, 0.25) is 5.78 Å². The normalized spacial score (nSPS) is 15.3. The van der Waals surface area contributed by atoms with Crippen LogP contribution in [-0.4, -0.2) is 47.8 Å². The van der Waals surface area contributed by atoms with Gasteiger partial charge in [0.25, 0.3) is 0 Å². The molecule has 0 heterocycles. The SMILES string of the molecule is O=C(CO)C(OP(=O)(O)O)[P+](O)(O)O. The molecule has 0 bridgehead atoms. The zero-order chi connectivity index (χ0) is 11.6. The van der Waals surface area contributed by atoms with Crippen LogP contribution >= 0.6 is 15.8 Å². The Hall–Kier alpha value is 0.0500. The third-order valence-corrected chi connectivity index (χ3v) is 2.66. The number of phosphoric acid groups is 1. The molecule has 0 aromatic rings. The van der Waals surface area contributed by atoms with Gasteiger partial charge in [-0.1, -0.05) is 0 Å². The van der Waals surface area contributed by atoms with Crippen LogP contribution in [0.2, 0.25) is 0 Å². The van der Waals surface area contributed by atoms with Gasteiger partial charge in [-0.15, -0.1) is 0 Å². The minimum absolute atomic E-state index is 1.26. The van der Waals surface area contributed by atoms with Crippen molar-refractivity contribution in [2.24, 2.45) is 0 Å². The van der Waals surface area contributed by atoms with Crippen LogP contribution in [0.25, 0.3) is 0 Å². The molecule has 0 aromatic heterocycles. The molecule has 0 rings (SSSR count). The molecule has 0 saturated carbocycles. The lowest BCUT2D eigenvalue weighted by molar-refractivity contribution is -0.126. The van der Waals surface area contributed by atoms with Crippen molar-refractivity contribution < 1.29 is 43.5 Å². The summed E-state index contributed by atoms with van der Waals surface area (Å²) >= 11 is 0. The summed E-state index contributed by atoms with van der Waals surface area (Å²) in [5.74, 6) is -3.98. The summed E-state index contributed by atoms with van der Waals surface area (Å²) in [6.07, 6.45) is 0. The van der Waals surface area contributed by atoms with Gasteiger partial charge in [-0.05, 0) is 0 Å². The van der Waals surface area contributed by atoms with Crippen LogP contribution < -0.4 is 0 Å². The van der Waals surface area contributed by atoms with Crippen molar-refractivity contribution in [1.82, 2.24) is 0 Å². The van der Waals surface area contributed by atoms with Crippen molar-refractivity contribution in [2.75, 3.05) is 6.61 Å². The van der Waals surface area contributed by atoms with Gasteiger partial charge in [0.1, 0.15) is 6.61 Å². The molecule has 9 nitrogen and oxygen atoms in total. The molecule has 6 N–H and O–H groups in total. The molecule has 0 aliphatic heterocycles. The molecule has 0 amide bonds. The first-order chi connectivity index (χ1) is 6.08. The standard InChI is InChI=1S/C3H8O9P2/c4-1-2(5)3(13(6,7)8)12-14(9,10)11/h3-4,6-8H,1H2,(H-,9,10,11)/p+1. The number of carbonyl (C=O) groups is 1. The van der Waals surface area contributed by atoms with Crippen LogP contribution in [0.4, 0.5) is 0 Å². The Balaban J connectivity index is 4.76. The topological polar surface area (TPSA) is 165 Å². The number of carbonyl (C=O) groups excluding carboxylic acids is 1. The molecular weight excluding hydrogens is 242 g/mol. The molecule has 11 heteroatoms. The lowest BCUT2D eigenvalue weighted by Crippen LogP contribution is -2.28. The molecule has 14 heavy (non-hydrogen) atoms. The Bertz CT molecular complexity index is 249. The van der Waals surface area contributed by atoms with E-state index >= 15 is 0 Å². The second-order valence-corrected chi connectivity index (χ2v) is 5.08. The highest BCUT2D eigenvalue weighted by Gasteiger charge is 2.52. The third-order valence-electron chi connectivity index (χ3n) is 0.983. The van der Waals surface area contributed by atoms with Gasteiger partial charge in [-0.25, -0.2) is 9.09 Å². The third kappa shape index (κ3) is 5.06. The van der Waals surface area contributed by atoms with E-state index in [2.05, 4.69) is 4.52 Å². The molecule has 0 aromatic carbocycles. The molecule has 84 valence electrons. The lowest BCUT2D eigenvalue weighted by Gasteiger charge is -2.15. The zero-order valence-corrected chi connectivity index (χ0v) is 8.38. The van der Waals surface area contributed by atoms with Gasteiger partial charge in [-0.3, -0.25) is 4.79 Å². The van der Waals surface area contributed by atoms with Crippen LogP contribution in [0, 0.1) is 0 Å². The molecule has 0 radical (unpaired) electrons. The number of aliphatic hydroxyl groups is 1. The van der Waals surface area contributed by atoms with Crippen molar-refractivity contribution in [3.63, 3.8) is 0 Å². The van der Waals surface area contributed by atoms with Gasteiger partial charge >= 0.3 is 21.6 Å². The predicted octanol–water partition coefficient (Wildman–Crippen LogP) is -2.28. The zero-order valence-electron chi connectivity index (χ0n) is 6.59. The molecule has 0 aliphatic rings. The Morgan fingerprint density at radius 2 is 1.79 bits per heavy atom. The Labute approximate surface area is 78.4 Å². The number of ketones is 1. The van der Waals surface area contributed by atoms with Crippen LogP contribution in [0.1, 0.15) is 0 Å². The van der Waals surface area contributed by atoms with Crippen molar-refractivity contribution >= 4 is 21.5 Å². The van der Waals surface area contributed by atoms with E-state index in [4.69, 9.17) is 29.6 Å². The maximum absolute atomic E-state index is 10.7. The second-order valence-electron chi connectivity index (χ2n) is 2.19. The van der Waals surface area contributed by atoms with E-state index in [-0.39, 0.29) is 0 Å². The maximum atomic E-state index is 10.7. The van der Waals surface area contributed by atoms with E-state index in [1.165, 1.54) is 0 Å². The van der Waals surface area contributed by atoms with Crippen LogP contribution in [-0.2, 0) is 13.9 Å². The average molecular weight is 251 g/mol. The monoisotopic (exact) mass is 251 g/mol. The lowest BCUT2D eigenvalue weighted by atomic mass is 10.4. The van der Waals surface area contributed by atoms with Crippen molar-refractivity contribution in [3.8, 4) is 0 Å². The van der Waals surface area contributed by atoms with Gasteiger partial charge < -0.3 is 14.9 Å². The first-order valence-corrected chi connectivity index (χ1v) is 6.27. The van der Waals surface area contributed by atoms with E-state index in [9.17, 15) is 9.36 Å². The minimum atomic E-state index is -5.17. The molecule has 1 unspecified atom stereocenters. The van der Waals surface area contributed by atoms with Crippen LogP contribution in [0.15, 0.2) is 0 Å². The molecule has 1 atom stereocenters. The summed E-state index contributed by atoms with van der Waals surface area (Å²) in [4.78, 5) is 52.8. The average Bonchev–Trinajstić information content (AvgIpc) is 1.95. The Morgan fingerprint density at radius 1 is 1.36 bits per heavy atom. The highest BCUT2D eigenvalue weighted by atomic mass is 31.2. The van der Waals surface area contributed by atoms with Crippen LogP contribution in [0.3, 0.4) is 0 Å². The first-order valence-electron chi connectivity index (χ1n) is 3.02. The Morgan fingerprint density at radius 3 is 2.00 bits per heavy atom. The summed E-state index contributed by atoms with van der Waals surface area (Å²) in [6, 6.07) is 0. The molecular formula is C3H9O9P2+. The summed E-state index contributed by atoms with van der Waals surface area (Å²) in [6.45, 7) is -1.26. The summed E-state index contributed by atoms with van der Waals surface area (Å²) in [5.41, 5.74) is 0. The first kappa shape index (κ1) is 14.1. The second kappa shape index (κ2) is 4.71. The Kier molecular flexibility index (Phi) is 4.73. The summed E-state index contributed by atoms with van der Waals surface area (Å²) in [5, 5.41) is 8.27. The fraction of sp³-hybridized carbons (Fsp3) is 0.667. The maximum Gasteiger partial charge on any atom is 0.473 e. The number of phosphoric ester groups is 1. The van der Waals surface area contributed by atoms with Crippen molar-refractivity contribution in [2.45, 2.75) is 5.85 Å². The van der Waals surface area contributed by atoms with Gasteiger partial charge in [0, 0.05) is 0 Å². The highest BCUT2D eigenvalue weighted by Crippen LogP contribution is 2.56. The number of hydrogen-bond acceptors (Lipinski definition) is 7. The van der Waals surface area contributed by atoms with E-state index in [0.717, 1.165) is 0 Å². The number of Topliss-reactive ketones (excluding diaryl/α,β-unsaturated/α-hetero) is 1. The fourth-order valence-corrected chi connectivity index (χ4v) is 2.24. The smallest absolute Gasteiger partial charge is 0.388 e. The van der Waals surface area contributed by atoms with Crippen molar-refractivity contribution in [1.29, 1.82) is 0 Å². The molecule has 0 fully saturated rings.